The molecule has 0 amide bonds. The Kier molecular flexibility index (Phi) is 3.33. The van der Waals surface area contributed by atoms with Gasteiger partial charge in [-0.3, -0.25) is 0 Å². The van der Waals surface area contributed by atoms with Crippen molar-refractivity contribution in [3.05, 3.63) is 43.8 Å². The Labute approximate surface area is 111 Å². The average molecular weight is 274 g/mol. The second-order valence-corrected chi connectivity index (χ2v) is 5.08. The van der Waals surface area contributed by atoms with E-state index in [9.17, 15) is 10.2 Å². The molecule has 0 fully saturated rings. The summed E-state index contributed by atoms with van der Waals surface area (Å²) in [5.74, 6) is -0.749. The second kappa shape index (κ2) is 4.92. The van der Waals surface area contributed by atoms with Crippen molar-refractivity contribution in [1.29, 1.82) is 10.5 Å². The fourth-order valence-electron chi connectivity index (χ4n) is 1.38. The maximum absolute atomic E-state index is 9.97. The Bertz CT molecular complexity index is 638. The molecule has 18 heavy (non-hydrogen) atoms. The average Bonchev–Trinajstić information content (AvgIpc) is 3.04. The van der Waals surface area contributed by atoms with E-state index < -0.39 is 0 Å². The Morgan fingerprint density at radius 2 is 1.28 bits per heavy atom. The summed E-state index contributed by atoms with van der Waals surface area (Å²) < 4.78 is 0. The molecule has 0 aromatic carbocycles. The molecule has 0 aliphatic carbocycles. The SMILES string of the molecule is N#Cc1ccsc1/C(O)=C(\O)c1sccc1C#N. The van der Waals surface area contributed by atoms with Crippen LogP contribution in [-0.4, -0.2) is 10.2 Å². The molecule has 0 spiro atoms. The van der Waals surface area contributed by atoms with Gasteiger partial charge in [0.05, 0.1) is 20.9 Å². The lowest BCUT2D eigenvalue weighted by molar-refractivity contribution is 0.462. The van der Waals surface area contributed by atoms with Gasteiger partial charge in [0.1, 0.15) is 12.1 Å². The largest absolute Gasteiger partial charge is 0.503 e. The number of aliphatic hydroxyl groups excluding tert-OH is 2. The molecule has 0 aliphatic rings. The van der Waals surface area contributed by atoms with E-state index in [0.717, 1.165) is 22.7 Å². The lowest BCUT2D eigenvalue weighted by Gasteiger charge is -2.02. The van der Waals surface area contributed by atoms with Gasteiger partial charge in [-0.1, -0.05) is 0 Å². The topological polar surface area (TPSA) is 88.0 Å². The van der Waals surface area contributed by atoms with E-state index in [1.54, 1.807) is 22.9 Å². The highest BCUT2D eigenvalue weighted by molar-refractivity contribution is 7.12. The van der Waals surface area contributed by atoms with Crippen molar-refractivity contribution in [1.82, 2.24) is 0 Å². The van der Waals surface area contributed by atoms with Gasteiger partial charge in [0, 0.05) is 0 Å². The molecule has 0 aliphatic heterocycles. The molecule has 0 saturated heterocycles. The molecular formula is C12H6N2O2S2. The predicted octanol–water partition coefficient (Wildman–Crippen LogP) is 3.49. The van der Waals surface area contributed by atoms with Gasteiger partial charge in [-0.25, -0.2) is 0 Å². The second-order valence-electron chi connectivity index (χ2n) is 3.25. The van der Waals surface area contributed by atoms with E-state index in [0.29, 0.717) is 20.9 Å². The smallest absolute Gasteiger partial charge is 0.177 e. The molecule has 2 rings (SSSR count). The summed E-state index contributed by atoms with van der Waals surface area (Å²) in [6, 6.07) is 6.97. The van der Waals surface area contributed by atoms with Crippen LogP contribution in [0.4, 0.5) is 0 Å². The number of nitrogens with zero attached hydrogens (tertiary/aromatic N) is 2. The van der Waals surface area contributed by atoms with Crippen molar-refractivity contribution in [2.24, 2.45) is 0 Å². The third-order valence-corrected chi connectivity index (χ3v) is 4.07. The van der Waals surface area contributed by atoms with Crippen LogP contribution >= 0.6 is 22.7 Å². The molecule has 0 saturated carbocycles. The van der Waals surface area contributed by atoms with Crippen LogP contribution < -0.4 is 0 Å². The lowest BCUT2D eigenvalue weighted by atomic mass is 10.2. The maximum Gasteiger partial charge on any atom is 0.177 e. The maximum atomic E-state index is 9.97. The van der Waals surface area contributed by atoms with E-state index in [4.69, 9.17) is 10.5 Å². The van der Waals surface area contributed by atoms with Gasteiger partial charge in [0.25, 0.3) is 0 Å². The van der Waals surface area contributed by atoms with Crippen molar-refractivity contribution in [2.75, 3.05) is 0 Å². The fraction of sp³-hybridized carbons (Fsp3) is 0. The predicted molar refractivity (Wildman–Crippen MR) is 70.1 cm³/mol. The molecule has 4 nitrogen and oxygen atoms in total. The molecule has 0 radical (unpaired) electrons. The number of nitriles is 2. The van der Waals surface area contributed by atoms with E-state index in [2.05, 4.69) is 0 Å². The monoisotopic (exact) mass is 274 g/mol. The van der Waals surface area contributed by atoms with Crippen molar-refractivity contribution in [3.8, 4) is 12.1 Å². The first-order chi connectivity index (χ1) is 8.69. The van der Waals surface area contributed by atoms with Crippen molar-refractivity contribution < 1.29 is 10.2 Å². The van der Waals surface area contributed by atoms with E-state index >= 15 is 0 Å². The Morgan fingerprint density at radius 1 is 0.889 bits per heavy atom. The molecule has 0 atom stereocenters. The van der Waals surface area contributed by atoms with Crippen LogP contribution in [0.2, 0.25) is 0 Å². The number of hydrogen-bond donors (Lipinski definition) is 2. The molecular weight excluding hydrogens is 268 g/mol. The molecule has 88 valence electrons. The van der Waals surface area contributed by atoms with Crippen molar-refractivity contribution >= 4 is 34.2 Å². The van der Waals surface area contributed by atoms with Crippen LogP contribution in [0.15, 0.2) is 22.9 Å². The number of rotatable bonds is 2. The van der Waals surface area contributed by atoms with Crippen molar-refractivity contribution in [2.45, 2.75) is 0 Å². The first-order valence-corrected chi connectivity index (χ1v) is 6.53. The van der Waals surface area contributed by atoms with Crippen LogP contribution in [0.25, 0.3) is 11.5 Å². The highest BCUT2D eigenvalue weighted by Gasteiger charge is 2.18. The molecule has 2 N–H and O–H groups in total. The highest BCUT2D eigenvalue weighted by atomic mass is 32.1. The van der Waals surface area contributed by atoms with E-state index in [1.165, 1.54) is 0 Å². The van der Waals surface area contributed by atoms with Crippen LogP contribution in [-0.2, 0) is 0 Å². The van der Waals surface area contributed by atoms with Gasteiger partial charge >= 0.3 is 0 Å². The van der Waals surface area contributed by atoms with Gasteiger partial charge in [0.15, 0.2) is 11.5 Å². The van der Waals surface area contributed by atoms with Crippen LogP contribution in [0, 0.1) is 22.7 Å². The fourth-order valence-corrected chi connectivity index (χ4v) is 2.95. The van der Waals surface area contributed by atoms with Gasteiger partial charge in [-0.05, 0) is 22.9 Å². The van der Waals surface area contributed by atoms with Crippen LogP contribution in [0.5, 0.6) is 0 Å². The molecule has 0 bridgehead atoms. The Balaban J connectivity index is 2.56. The third kappa shape index (κ3) is 1.95. The van der Waals surface area contributed by atoms with Crippen LogP contribution in [0.3, 0.4) is 0 Å². The van der Waals surface area contributed by atoms with Gasteiger partial charge in [0.2, 0.25) is 0 Å². The summed E-state index contributed by atoms with van der Waals surface area (Å²) >= 11 is 2.31. The van der Waals surface area contributed by atoms with Gasteiger partial charge < -0.3 is 10.2 Å². The van der Waals surface area contributed by atoms with Gasteiger partial charge in [-0.2, -0.15) is 10.5 Å². The minimum atomic E-state index is -0.375. The molecule has 2 aromatic heterocycles. The van der Waals surface area contributed by atoms with Gasteiger partial charge in [-0.15, -0.1) is 22.7 Å². The van der Waals surface area contributed by atoms with Crippen LogP contribution in [0.1, 0.15) is 20.9 Å². The van der Waals surface area contributed by atoms with E-state index in [1.807, 2.05) is 12.1 Å². The first-order valence-electron chi connectivity index (χ1n) is 4.77. The Morgan fingerprint density at radius 3 is 1.61 bits per heavy atom. The summed E-state index contributed by atoms with van der Waals surface area (Å²) in [5, 5.41) is 41.0. The summed E-state index contributed by atoms with van der Waals surface area (Å²) in [7, 11) is 0. The standard InChI is InChI=1S/C12H6N2O2S2/c13-5-7-1-3-17-11(7)9(15)10(16)12-8(6-14)2-4-18-12/h1-4,15-16H/b10-9+. The normalized spacial score (nSPS) is 11.4. The molecule has 0 unspecified atom stereocenters. The lowest BCUT2D eigenvalue weighted by Crippen LogP contribution is -1.90. The summed E-state index contributed by atoms with van der Waals surface area (Å²) in [6.45, 7) is 0. The highest BCUT2D eigenvalue weighted by Crippen LogP contribution is 2.32. The molecule has 2 heterocycles. The number of thiophene rings is 2. The first kappa shape index (κ1) is 12.2. The Hall–Kier alpha value is -2.28. The van der Waals surface area contributed by atoms with E-state index in [-0.39, 0.29) is 11.5 Å². The quantitative estimate of drug-likeness (QED) is 0.820. The zero-order valence-corrected chi connectivity index (χ0v) is 10.5. The summed E-state index contributed by atoms with van der Waals surface area (Å²) in [4.78, 5) is 0.597. The minimum Gasteiger partial charge on any atom is -0.503 e. The zero-order valence-electron chi connectivity index (χ0n) is 8.91. The molecule has 6 heteroatoms. The molecule has 2 aromatic rings. The summed E-state index contributed by atoms with van der Waals surface area (Å²) in [5.41, 5.74) is 0.582. The zero-order chi connectivity index (χ0) is 13.1. The number of hydrogen-bond acceptors (Lipinski definition) is 6. The van der Waals surface area contributed by atoms with Crippen molar-refractivity contribution in [3.63, 3.8) is 0 Å². The summed E-state index contributed by atoms with van der Waals surface area (Å²) in [6.07, 6.45) is 0. The minimum absolute atomic E-state index is 0.291. The third-order valence-electron chi connectivity index (χ3n) is 2.23. The number of aliphatic hydroxyl groups is 2.